The van der Waals surface area contributed by atoms with Gasteiger partial charge in [0.2, 0.25) is 17.7 Å². The number of hydrogen-bond donors (Lipinski definition) is 2. The Kier molecular flexibility index (Phi) is 5.01. The lowest BCUT2D eigenvalue weighted by atomic mass is 10.1. The maximum Gasteiger partial charge on any atom is 0.247 e. The van der Waals surface area contributed by atoms with E-state index in [-0.39, 0.29) is 24.1 Å². The van der Waals surface area contributed by atoms with Gasteiger partial charge in [0, 0.05) is 19.4 Å². The fourth-order valence-corrected chi connectivity index (χ4v) is 2.51. The summed E-state index contributed by atoms with van der Waals surface area (Å²) in [6.07, 6.45) is 1.19. The smallest absolute Gasteiger partial charge is 0.247 e. The van der Waals surface area contributed by atoms with Gasteiger partial charge in [-0.1, -0.05) is 12.1 Å². The highest BCUT2D eigenvalue weighted by Crippen LogP contribution is 2.25. The Morgan fingerprint density at radius 1 is 1.33 bits per heavy atom. The molecule has 1 unspecified atom stereocenters. The molecule has 6 heteroatoms. The van der Waals surface area contributed by atoms with Gasteiger partial charge >= 0.3 is 0 Å². The van der Waals surface area contributed by atoms with E-state index in [4.69, 9.17) is 0 Å². The summed E-state index contributed by atoms with van der Waals surface area (Å²) in [7, 11) is 0. The van der Waals surface area contributed by atoms with Crippen LogP contribution in [0.4, 0.5) is 5.69 Å². The lowest BCUT2D eigenvalue weighted by Crippen LogP contribution is -2.30. The maximum absolute atomic E-state index is 11.9. The third-order valence-corrected chi connectivity index (χ3v) is 3.74. The molecule has 0 aromatic heterocycles. The van der Waals surface area contributed by atoms with Crippen LogP contribution in [-0.4, -0.2) is 29.5 Å². The van der Waals surface area contributed by atoms with Crippen molar-refractivity contribution in [2.75, 3.05) is 11.4 Å². The number of anilines is 1. The average molecular weight is 306 g/mol. The third kappa shape index (κ3) is 3.64. The predicted molar refractivity (Wildman–Crippen MR) is 83.3 cm³/mol. The highest BCUT2D eigenvalue weighted by molar-refractivity contribution is 7.82. The number of aryl methyl sites for hydroxylation is 1. The van der Waals surface area contributed by atoms with Crippen molar-refractivity contribution >= 4 is 36.0 Å². The fraction of sp³-hybridized carbons (Fsp3) is 0.400. The number of hydrogen-bond acceptors (Lipinski definition) is 4. The van der Waals surface area contributed by atoms with Gasteiger partial charge in [0.25, 0.3) is 0 Å². The van der Waals surface area contributed by atoms with E-state index in [1.165, 1.54) is 4.90 Å². The van der Waals surface area contributed by atoms with Crippen LogP contribution in [0.25, 0.3) is 0 Å². The molecule has 0 spiro atoms. The van der Waals surface area contributed by atoms with Gasteiger partial charge in [-0.2, -0.15) is 12.6 Å². The monoisotopic (exact) mass is 306 g/mol. The van der Waals surface area contributed by atoms with Gasteiger partial charge in [0.15, 0.2) is 0 Å². The topological polar surface area (TPSA) is 66.5 Å². The Balaban J connectivity index is 2.01. The quantitative estimate of drug-likeness (QED) is 0.637. The van der Waals surface area contributed by atoms with Gasteiger partial charge < -0.3 is 5.32 Å². The average Bonchev–Trinajstić information content (AvgIpc) is 2.71. The van der Waals surface area contributed by atoms with E-state index in [0.717, 1.165) is 5.56 Å². The van der Waals surface area contributed by atoms with Gasteiger partial charge in [-0.3, -0.25) is 14.4 Å². The number of imide groups is 1. The lowest BCUT2D eigenvalue weighted by Gasteiger charge is -2.14. The molecule has 21 heavy (non-hydrogen) atoms. The molecule has 1 N–H and O–H groups in total. The number of carbonyl (C=O) groups excluding carboxylic acids is 3. The second kappa shape index (κ2) is 6.76. The molecule has 5 nitrogen and oxygen atoms in total. The molecular formula is C15H18N2O3S. The summed E-state index contributed by atoms with van der Waals surface area (Å²) < 4.78 is 0. The van der Waals surface area contributed by atoms with E-state index in [9.17, 15) is 14.4 Å². The number of nitrogens with one attached hydrogen (secondary N) is 1. The summed E-state index contributed by atoms with van der Waals surface area (Å²) in [5.41, 5.74) is 1.55. The number of rotatable bonds is 5. The van der Waals surface area contributed by atoms with E-state index >= 15 is 0 Å². The minimum atomic E-state index is -0.546. The second-order valence-electron chi connectivity index (χ2n) is 4.91. The van der Waals surface area contributed by atoms with Crippen LogP contribution in [0, 0.1) is 0 Å². The highest BCUT2D eigenvalue weighted by Gasteiger charge is 2.37. The van der Waals surface area contributed by atoms with Crippen molar-refractivity contribution in [1.29, 1.82) is 0 Å². The SMILES string of the molecule is CCNC(=O)CCc1ccc(N2C(=O)CC(S)C2=O)cc1. The summed E-state index contributed by atoms with van der Waals surface area (Å²) >= 11 is 4.10. The van der Waals surface area contributed by atoms with Gasteiger partial charge in [0.1, 0.15) is 0 Å². The first-order chi connectivity index (χ1) is 10.0. The van der Waals surface area contributed by atoms with Crippen LogP contribution in [0.5, 0.6) is 0 Å². The molecule has 1 heterocycles. The van der Waals surface area contributed by atoms with E-state index in [1.807, 2.05) is 19.1 Å². The fourth-order valence-electron chi connectivity index (χ4n) is 2.24. The van der Waals surface area contributed by atoms with Crippen molar-refractivity contribution < 1.29 is 14.4 Å². The molecule has 2 rings (SSSR count). The van der Waals surface area contributed by atoms with E-state index in [1.54, 1.807) is 12.1 Å². The molecule has 1 aromatic rings. The van der Waals surface area contributed by atoms with Crippen LogP contribution in [0.2, 0.25) is 0 Å². The van der Waals surface area contributed by atoms with Crippen LogP contribution in [0.3, 0.4) is 0 Å². The summed E-state index contributed by atoms with van der Waals surface area (Å²) in [4.78, 5) is 36.2. The van der Waals surface area contributed by atoms with Crippen molar-refractivity contribution in [2.24, 2.45) is 0 Å². The van der Waals surface area contributed by atoms with Crippen LogP contribution >= 0.6 is 12.6 Å². The van der Waals surface area contributed by atoms with E-state index < -0.39 is 5.25 Å². The zero-order valence-corrected chi connectivity index (χ0v) is 12.7. The summed E-state index contributed by atoms with van der Waals surface area (Å²) in [6.45, 7) is 2.51. The van der Waals surface area contributed by atoms with Crippen LogP contribution in [0.15, 0.2) is 24.3 Å². The number of nitrogens with zero attached hydrogens (tertiary/aromatic N) is 1. The largest absolute Gasteiger partial charge is 0.356 e. The van der Waals surface area contributed by atoms with Crippen LogP contribution in [0.1, 0.15) is 25.3 Å². The van der Waals surface area contributed by atoms with Gasteiger partial charge in [-0.05, 0) is 31.0 Å². The van der Waals surface area contributed by atoms with Gasteiger partial charge in [-0.15, -0.1) is 0 Å². The first-order valence-corrected chi connectivity index (χ1v) is 7.45. The molecule has 0 saturated carbocycles. The minimum Gasteiger partial charge on any atom is -0.356 e. The number of benzene rings is 1. The maximum atomic E-state index is 11.9. The first-order valence-electron chi connectivity index (χ1n) is 6.93. The Morgan fingerprint density at radius 2 is 2.00 bits per heavy atom. The van der Waals surface area contributed by atoms with E-state index in [2.05, 4.69) is 17.9 Å². The lowest BCUT2D eigenvalue weighted by molar-refractivity contribution is -0.122. The molecule has 0 aliphatic carbocycles. The molecule has 1 aliphatic rings. The highest BCUT2D eigenvalue weighted by atomic mass is 32.1. The second-order valence-corrected chi connectivity index (χ2v) is 5.53. The molecule has 3 amide bonds. The minimum absolute atomic E-state index is 0.0180. The van der Waals surface area contributed by atoms with E-state index in [0.29, 0.717) is 25.1 Å². The molecule has 1 fully saturated rings. The standard InChI is InChI=1S/C15H18N2O3S/c1-2-16-13(18)8-5-10-3-6-11(7-4-10)17-14(19)9-12(21)15(17)20/h3-4,6-7,12,21H,2,5,8-9H2,1H3,(H,16,18). The molecule has 1 aliphatic heterocycles. The van der Waals surface area contributed by atoms with Crippen LogP contribution in [-0.2, 0) is 20.8 Å². The van der Waals surface area contributed by atoms with Crippen molar-refractivity contribution in [3.05, 3.63) is 29.8 Å². The van der Waals surface area contributed by atoms with Crippen molar-refractivity contribution in [3.8, 4) is 0 Å². The molecule has 1 atom stereocenters. The molecule has 0 bridgehead atoms. The Labute approximate surface area is 129 Å². The molecule has 1 aromatic carbocycles. The molecule has 0 radical (unpaired) electrons. The number of amides is 3. The first kappa shape index (κ1) is 15.6. The molecular weight excluding hydrogens is 288 g/mol. The Morgan fingerprint density at radius 3 is 2.52 bits per heavy atom. The summed E-state index contributed by atoms with van der Waals surface area (Å²) in [6, 6.07) is 7.13. The van der Waals surface area contributed by atoms with Gasteiger partial charge in [-0.25, -0.2) is 4.90 Å². The van der Waals surface area contributed by atoms with Gasteiger partial charge in [0.05, 0.1) is 10.9 Å². The normalized spacial score (nSPS) is 18.2. The zero-order chi connectivity index (χ0) is 15.4. The van der Waals surface area contributed by atoms with Crippen molar-refractivity contribution in [3.63, 3.8) is 0 Å². The summed E-state index contributed by atoms with van der Waals surface area (Å²) in [5, 5.41) is 2.20. The van der Waals surface area contributed by atoms with Crippen molar-refractivity contribution in [2.45, 2.75) is 31.4 Å². The Hall–Kier alpha value is -1.82. The number of carbonyl (C=O) groups is 3. The predicted octanol–water partition coefficient (Wildman–Crippen LogP) is 1.32. The summed E-state index contributed by atoms with van der Waals surface area (Å²) in [5.74, 6) is -0.488. The zero-order valence-electron chi connectivity index (χ0n) is 11.8. The third-order valence-electron chi connectivity index (χ3n) is 3.33. The molecule has 1 saturated heterocycles. The molecule has 112 valence electrons. The van der Waals surface area contributed by atoms with Crippen LogP contribution < -0.4 is 10.2 Å². The number of thiol groups is 1. The van der Waals surface area contributed by atoms with Crippen molar-refractivity contribution in [1.82, 2.24) is 5.32 Å². The Bertz CT molecular complexity index is 557.